The summed E-state index contributed by atoms with van der Waals surface area (Å²) in [6.07, 6.45) is 0.751. The summed E-state index contributed by atoms with van der Waals surface area (Å²) in [5.74, 6) is -0.309. The van der Waals surface area contributed by atoms with Crippen LogP contribution in [0, 0.1) is 12.8 Å². The molecule has 24 heavy (non-hydrogen) atoms. The molecule has 0 aliphatic carbocycles. The molecule has 0 radical (unpaired) electrons. The van der Waals surface area contributed by atoms with Gasteiger partial charge in [0, 0.05) is 18.7 Å². The highest BCUT2D eigenvalue weighted by atomic mass is 16.4. The molecule has 3 rings (SSSR count). The minimum Gasteiger partial charge on any atom is -0.467 e. The first-order valence-electron chi connectivity index (χ1n) is 7.91. The fraction of sp³-hybridized carbons (Fsp3) is 0.333. The van der Waals surface area contributed by atoms with Gasteiger partial charge in [-0.2, -0.15) is 0 Å². The number of carbonyl (C=O) groups is 2. The van der Waals surface area contributed by atoms with Gasteiger partial charge in [-0.25, -0.2) is 0 Å². The minimum atomic E-state index is -0.894. The van der Waals surface area contributed by atoms with Gasteiger partial charge in [-0.05, 0) is 31.2 Å². The van der Waals surface area contributed by atoms with Crippen LogP contribution in [0.2, 0.25) is 0 Å². The molecule has 0 saturated carbocycles. The van der Waals surface area contributed by atoms with Gasteiger partial charge in [0.05, 0.1) is 18.7 Å². The van der Waals surface area contributed by atoms with Crippen molar-refractivity contribution < 1.29 is 19.1 Å². The summed E-state index contributed by atoms with van der Waals surface area (Å²) in [5.41, 5.74) is 1.92. The lowest BCUT2D eigenvalue weighted by atomic mass is 10.1. The number of benzene rings is 1. The molecule has 1 fully saturated rings. The highest BCUT2D eigenvalue weighted by molar-refractivity contribution is 6.00. The van der Waals surface area contributed by atoms with Crippen LogP contribution in [0.3, 0.4) is 0 Å². The van der Waals surface area contributed by atoms with Crippen LogP contribution in [-0.2, 0) is 9.59 Å². The first-order chi connectivity index (χ1) is 11.5. The van der Waals surface area contributed by atoms with E-state index in [0.717, 1.165) is 11.3 Å². The molecule has 2 unspecified atom stereocenters. The summed E-state index contributed by atoms with van der Waals surface area (Å²) in [5, 5.41) is 12.6. The number of anilines is 1. The molecule has 1 aliphatic heterocycles. The Kier molecular flexibility index (Phi) is 4.66. The second-order valence-corrected chi connectivity index (χ2v) is 6.02. The Morgan fingerprint density at radius 3 is 2.79 bits per heavy atom. The van der Waals surface area contributed by atoms with Crippen LogP contribution in [0.5, 0.6) is 0 Å². The lowest BCUT2D eigenvalue weighted by Crippen LogP contribution is -2.35. The van der Waals surface area contributed by atoms with Crippen molar-refractivity contribution in [1.82, 2.24) is 5.32 Å². The Labute approximate surface area is 140 Å². The Morgan fingerprint density at radius 2 is 2.12 bits per heavy atom. The lowest BCUT2D eigenvalue weighted by molar-refractivity contribution is -0.126. The zero-order valence-electron chi connectivity index (χ0n) is 13.4. The van der Waals surface area contributed by atoms with Crippen molar-refractivity contribution in [3.05, 3.63) is 54.0 Å². The maximum absolute atomic E-state index is 12.3. The number of hydrogen-bond donors (Lipinski definition) is 2. The van der Waals surface area contributed by atoms with E-state index in [-0.39, 0.29) is 24.8 Å². The average molecular weight is 328 g/mol. The zero-order valence-corrected chi connectivity index (χ0v) is 13.4. The van der Waals surface area contributed by atoms with Crippen molar-refractivity contribution >= 4 is 17.5 Å². The highest BCUT2D eigenvalue weighted by Gasteiger charge is 2.35. The molecule has 2 atom stereocenters. The molecule has 6 nitrogen and oxygen atoms in total. The second kappa shape index (κ2) is 6.88. The number of nitrogens with one attached hydrogen (secondary N) is 1. The fourth-order valence-electron chi connectivity index (χ4n) is 2.78. The van der Waals surface area contributed by atoms with Gasteiger partial charge in [-0.15, -0.1) is 0 Å². The summed E-state index contributed by atoms with van der Waals surface area (Å²) in [6.45, 7) is 2.39. The van der Waals surface area contributed by atoms with E-state index in [4.69, 9.17) is 4.42 Å². The van der Waals surface area contributed by atoms with Crippen LogP contribution in [-0.4, -0.2) is 30.0 Å². The van der Waals surface area contributed by atoms with Crippen molar-refractivity contribution in [2.75, 3.05) is 18.0 Å². The van der Waals surface area contributed by atoms with Gasteiger partial charge in [0.1, 0.15) is 11.9 Å². The van der Waals surface area contributed by atoms with Crippen molar-refractivity contribution in [2.24, 2.45) is 5.92 Å². The van der Waals surface area contributed by atoms with Gasteiger partial charge in [0.25, 0.3) is 0 Å². The summed E-state index contributed by atoms with van der Waals surface area (Å²) < 4.78 is 5.09. The molecule has 1 aromatic heterocycles. The van der Waals surface area contributed by atoms with E-state index in [1.54, 1.807) is 17.0 Å². The van der Waals surface area contributed by atoms with E-state index < -0.39 is 12.0 Å². The molecule has 2 aromatic rings. The molecule has 0 spiro atoms. The lowest BCUT2D eigenvalue weighted by Gasteiger charge is -2.17. The van der Waals surface area contributed by atoms with Crippen LogP contribution in [0.15, 0.2) is 47.1 Å². The van der Waals surface area contributed by atoms with Crippen LogP contribution < -0.4 is 10.2 Å². The topological polar surface area (TPSA) is 82.8 Å². The molecule has 1 aliphatic rings. The molecule has 2 N–H and O–H groups in total. The Bertz CT molecular complexity index is 709. The number of rotatable bonds is 5. The van der Waals surface area contributed by atoms with E-state index in [1.165, 1.54) is 6.26 Å². The number of aliphatic hydroxyl groups excluding tert-OH is 1. The monoisotopic (exact) mass is 328 g/mol. The maximum Gasteiger partial charge on any atom is 0.227 e. The van der Waals surface area contributed by atoms with Crippen LogP contribution in [0.4, 0.5) is 5.69 Å². The van der Waals surface area contributed by atoms with E-state index in [0.29, 0.717) is 12.3 Å². The van der Waals surface area contributed by atoms with Crippen LogP contribution >= 0.6 is 0 Å². The third-order valence-electron chi connectivity index (χ3n) is 4.18. The minimum absolute atomic E-state index is 0.0571. The molecule has 126 valence electrons. The molecular formula is C18H20N2O4. The molecule has 1 saturated heterocycles. The largest absolute Gasteiger partial charge is 0.467 e. The number of aliphatic hydroxyl groups is 1. The Hall–Kier alpha value is -2.60. The van der Waals surface area contributed by atoms with Crippen molar-refractivity contribution in [3.8, 4) is 0 Å². The summed E-state index contributed by atoms with van der Waals surface area (Å²) in [4.78, 5) is 26.1. The van der Waals surface area contributed by atoms with Gasteiger partial charge in [0.2, 0.25) is 11.8 Å². The molecule has 0 bridgehead atoms. The van der Waals surface area contributed by atoms with Crippen molar-refractivity contribution in [3.63, 3.8) is 0 Å². The molecule has 6 heteroatoms. The first kappa shape index (κ1) is 16.3. The number of furan rings is 1. The standard InChI is InChI=1S/C18H20N2O4/c1-12-4-6-14(7-5-12)20-11-13(9-17(20)22)18(23)19-10-15(21)16-3-2-8-24-16/h2-8,13,15,21H,9-11H2,1H3,(H,19,23). The van der Waals surface area contributed by atoms with Gasteiger partial charge in [0.15, 0.2) is 0 Å². The van der Waals surface area contributed by atoms with Gasteiger partial charge >= 0.3 is 0 Å². The number of nitrogens with zero attached hydrogens (tertiary/aromatic N) is 1. The maximum atomic E-state index is 12.3. The zero-order chi connectivity index (χ0) is 17.1. The summed E-state index contributed by atoms with van der Waals surface area (Å²) >= 11 is 0. The third-order valence-corrected chi connectivity index (χ3v) is 4.18. The van der Waals surface area contributed by atoms with Crippen LogP contribution in [0.1, 0.15) is 23.8 Å². The van der Waals surface area contributed by atoms with E-state index in [1.807, 2.05) is 31.2 Å². The van der Waals surface area contributed by atoms with Gasteiger partial charge in [-0.1, -0.05) is 17.7 Å². The Morgan fingerprint density at radius 1 is 1.38 bits per heavy atom. The van der Waals surface area contributed by atoms with Gasteiger partial charge < -0.3 is 19.7 Å². The normalized spacial score (nSPS) is 18.7. The van der Waals surface area contributed by atoms with E-state index >= 15 is 0 Å². The SMILES string of the molecule is Cc1ccc(N2CC(C(=O)NCC(O)c3ccco3)CC2=O)cc1. The molecule has 1 aromatic carbocycles. The predicted octanol–water partition coefficient (Wildman–Crippen LogP) is 1.79. The Balaban J connectivity index is 1.57. The number of amides is 2. The summed E-state index contributed by atoms with van der Waals surface area (Å²) in [6, 6.07) is 11.0. The number of carbonyl (C=O) groups excluding carboxylic acids is 2. The molecule has 2 amide bonds. The number of aryl methyl sites for hydroxylation is 1. The smallest absolute Gasteiger partial charge is 0.227 e. The molecular weight excluding hydrogens is 308 g/mol. The average Bonchev–Trinajstić information content (AvgIpc) is 3.23. The predicted molar refractivity (Wildman–Crippen MR) is 88.3 cm³/mol. The molecule has 2 heterocycles. The van der Waals surface area contributed by atoms with E-state index in [2.05, 4.69) is 5.32 Å². The first-order valence-corrected chi connectivity index (χ1v) is 7.91. The van der Waals surface area contributed by atoms with Crippen molar-refractivity contribution in [2.45, 2.75) is 19.4 Å². The van der Waals surface area contributed by atoms with E-state index in [9.17, 15) is 14.7 Å². The summed E-state index contributed by atoms with van der Waals surface area (Å²) in [7, 11) is 0. The fourth-order valence-corrected chi connectivity index (χ4v) is 2.78. The second-order valence-electron chi connectivity index (χ2n) is 6.02. The van der Waals surface area contributed by atoms with Crippen LogP contribution in [0.25, 0.3) is 0 Å². The quantitative estimate of drug-likeness (QED) is 0.876. The highest BCUT2D eigenvalue weighted by Crippen LogP contribution is 2.25. The third kappa shape index (κ3) is 3.49. The van der Waals surface area contributed by atoms with Gasteiger partial charge in [-0.3, -0.25) is 9.59 Å². The number of hydrogen-bond acceptors (Lipinski definition) is 4. The van der Waals surface area contributed by atoms with Crippen molar-refractivity contribution in [1.29, 1.82) is 0 Å².